The predicted molar refractivity (Wildman–Crippen MR) is 119 cm³/mol. The molecule has 0 spiro atoms. The Hall–Kier alpha value is -3.12. The molecule has 3 heteroatoms. The van der Waals surface area contributed by atoms with Crippen LogP contribution in [0.2, 0.25) is 0 Å². The number of hydrogen-bond acceptors (Lipinski definition) is 1. The molecule has 4 rings (SSSR count). The number of hydrogen-bond donors (Lipinski definition) is 0. The number of fused-ring (bicyclic) bond motifs is 3. The summed E-state index contributed by atoms with van der Waals surface area (Å²) >= 11 is 0. The summed E-state index contributed by atoms with van der Waals surface area (Å²) in [7, 11) is 1.81. The summed E-state index contributed by atoms with van der Waals surface area (Å²) in [5.41, 5.74) is 4.90. The van der Waals surface area contributed by atoms with Gasteiger partial charge < -0.3 is 4.42 Å². The average molecular weight is 387 g/mol. The Morgan fingerprint density at radius 2 is 1.72 bits per heavy atom. The molecule has 4 aromatic rings. The van der Waals surface area contributed by atoms with Crippen molar-refractivity contribution in [3.05, 3.63) is 70.7 Å². The molecule has 0 aliphatic carbocycles. The summed E-state index contributed by atoms with van der Waals surface area (Å²) in [5, 5.41) is 1.79. The second-order valence-electron chi connectivity index (χ2n) is 8.65. The van der Waals surface area contributed by atoms with E-state index in [0.717, 1.165) is 27.5 Å². The molecule has 0 fully saturated rings. The van der Waals surface area contributed by atoms with Crippen molar-refractivity contribution in [2.24, 2.45) is 12.5 Å². The molecule has 0 N–H and O–H groups in total. The van der Waals surface area contributed by atoms with Gasteiger partial charge in [0, 0.05) is 25.6 Å². The van der Waals surface area contributed by atoms with Crippen molar-refractivity contribution in [1.82, 2.24) is 0 Å². The summed E-state index contributed by atoms with van der Waals surface area (Å²) < 4.78 is 34.1. The number of aryl methyl sites for hydroxylation is 2. The molecule has 146 valence electrons. The van der Waals surface area contributed by atoms with Gasteiger partial charge in [-0.2, -0.15) is 0 Å². The van der Waals surface area contributed by atoms with Crippen LogP contribution in [0.3, 0.4) is 0 Å². The van der Waals surface area contributed by atoms with E-state index in [1.54, 1.807) is 10.6 Å². The van der Waals surface area contributed by atoms with Gasteiger partial charge in [-0.15, -0.1) is 0 Å². The molecule has 29 heavy (non-hydrogen) atoms. The Kier molecular flexibility index (Phi) is 3.66. The third-order valence-electron chi connectivity index (χ3n) is 5.15. The first-order valence-corrected chi connectivity index (χ1v) is 9.73. The van der Waals surface area contributed by atoms with Crippen molar-refractivity contribution in [3.63, 3.8) is 0 Å². The first-order valence-electron chi connectivity index (χ1n) is 11.2. The topological polar surface area (TPSA) is 21.4 Å². The molecule has 0 bridgehead atoms. The highest BCUT2D eigenvalue weighted by Crippen LogP contribution is 2.41. The monoisotopic (exact) mass is 386 g/mol. The Balaban J connectivity index is 2.12. The summed E-state index contributed by atoms with van der Waals surface area (Å²) in [4.78, 5) is 3.69. The molecule has 0 saturated carbocycles. The van der Waals surface area contributed by atoms with E-state index in [2.05, 4.69) is 4.85 Å². The van der Waals surface area contributed by atoms with E-state index in [-0.39, 0.29) is 6.17 Å². The minimum atomic E-state index is -1.63. The molecule has 3 nitrogen and oxygen atoms in total. The van der Waals surface area contributed by atoms with Gasteiger partial charge in [0.15, 0.2) is 6.17 Å². The molecule has 0 aliphatic heterocycles. The third-order valence-corrected chi connectivity index (χ3v) is 5.15. The second-order valence-corrected chi connectivity index (χ2v) is 8.65. The van der Waals surface area contributed by atoms with E-state index in [1.807, 2.05) is 72.0 Å². The Morgan fingerprint density at radius 3 is 2.38 bits per heavy atom. The first-order chi connectivity index (χ1) is 14.9. The first kappa shape index (κ1) is 15.8. The van der Waals surface area contributed by atoms with Gasteiger partial charge in [-0.25, -0.2) is 9.41 Å². The highest BCUT2D eigenvalue weighted by atomic mass is 16.3. The van der Waals surface area contributed by atoms with Crippen LogP contribution in [-0.4, -0.2) is 0 Å². The van der Waals surface area contributed by atoms with E-state index in [9.17, 15) is 0 Å². The number of furan rings is 1. The lowest BCUT2D eigenvalue weighted by Crippen LogP contribution is -2.31. The van der Waals surface area contributed by atoms with Crippen molar-refractivity contribution in [2.45, 2.75) is 41.0 Å². The molecule has 2 aromatic heterocycles. The largest absolute Gasteiger partial charge is 0.466 e. The zero-order chi connectivity index (χ0) is 23.6. The van der Waals surface area contributed by atoms with E-state index in [0.29, 0.717) is 28.1 Å². The summed E-state index contributed by atoms with van der Waals surface area (Å²) in [6, 6.07) is 11.4. The van der Waals surface area contributed by atoms with E-state index >= 15 is 0 Å². The fraction of sp³-hybridized carbons (Fsp3) is 0.308. The quantitative estimate of drug-likeness (QED) is 0.273. The molecule has 0 aliphatic rings. The second kappa shape index (κ2) is 6.74. The van der Waals surface area contributed by atoms with Gasteiger partial charge in [-0.05, 0) is 42.3 Å². The number of aromatic nitrogens is 1. The lowest BCUT2D eigenvalue weighted by Gasteiger charge is -2.18. The Morgan fingerprint density at radius 1 is 1.07 bits per heavy atom. The van der Waals surface area contributed by atoms with Crippen LogP contribution in [0.4, 0.5) is 5.69 Å². The van der Waals surface area contributed by atoms with Crippen LogP contribution in [0.5, 0.6) is 0 Å². The van der Waals surface area contributed by atoms with Crippen LogP contribution in [0.15, 0.2) is 47.0 Å². The molecular weight excluding hydrogens is 356 g/mol. The molecule has 0 atom stereocenters. The van der Waals surface area contributed by atoms with Crippen molar-refractivity contribution in [1.29, 1.82) is 0 Å². The third kappa shape index (κ3) is 3.29. The van der Waals surface area contributed by atoms with Crippen LogP contribution < -0.4 is 4.57 Å². The lowest BCUT2D eigenvalue weighted by molar-refractivity contribution is -0.660. The van der Waals surface area contributed by atoms with Crippen LogP contribution in [0, 0.1) is 25.8 Å². The molecular formula is C26H27N2O+. The van der Waals surface area contributed by atoms with Crippen LogP contribution in [0.25, 0.3) is 38.0 Å². The Labute approximate surface area is 176 Å². The van der Waals surface area contributed by atoms with Crippen molar-refractivity contribution >= 4 is 27.6 Å². The van der Waals surface area contributed by atoms with Crippen molar-refractivity contribution in [2.75, 3.05) is 0 Å². The highest BCUT2D eigenvalue weighted by molar-refractivity contribution is 6.13. The Bertz CT molecular complexity index is 1440. The van der Waals surface area contributed by atoms with Gasteiger partial charge in [-0.1, -0.05) is 45.0 Å². The fourth-order valence-corrected chi connectivity index (χ4v) is 3.81. The fourth-order valence-electron chi connectivity index (χ4n) is 3.81. The van der Waals surface area contributed by atoms with Gasteiger partial charge in [-0.3, -0.25) is 0 Å². The van der Waals surface area contributed by atoms with Crippen molar-refractivity contribution in [3.8, 4) is 11.3 Å². The highest BCUT2D eigenvalue weighted by Gasteiger charge is 2.23. The van der Waals surface area contributed by atoms with Crippen LogP contribution >= 0.6 is 0 Å². The van der Waals surface area contributed by atoms with Gasteiger partial charge in [0.1, 0.15) is 19.6 Å². The molecule has 0 saturated heterocycles. The maximum atomic E-state index is 8.74. The summed E-state index contributed by atoms with van der Waals surface area (Å²) in [5.74, 6) is 0. The number of benzene rings is 2. The normalized spacial score (nSPS) is 13.9. The van der Waals surface area contributed by atoms with E-state index < -0.39 is 11.8 Å². The zero-order valence-corrected chi connectivity index (χ0v) is 17.8. The SMILES string of the molecule is [2H]c1cc(C([2H])([2H])C(C)(C)C)cc(-c2c(C)ccc3c2oc2c([N+]#[C-])c(C)ccc23)[n+]1C. The summed E-state index contributed by atoms with van der Waals surface area (Å²) in [6.07, 6.45) is -1.41. The van der Waals surface area contributed by atoms with E-state index in [4.69, 9.17) is 15.1 Å². The molecule has 0 radical (unpaired) electrons. The molecule has 0 amide bonds. The average Bonchev–Trinajstić information content (AvgIpc) is 3.07. The maximum absolute atomic E-state index is 8.74. The standard InChI is InChI=1S/C26H27N2O/c1-16-8-10-19-20-11-9-17(2)23(27-6)25(20)29-24(19)22(16)21-14-18(12-13-28(21)7)15-26(3,4)5/h8-14H,15H2,1-5,7H3/q+1/i13D,15D2. The van der Waals surface area contributed by atoms with Gasteiger partial charge in [0.05, 0.1) is 12.1 Å². The van der Waals surface area contributed by atoms with Crippen LogP contribution in [-0.2, 0) is 13.4 Å². The minimum Gasteiger partial charge on any atom is -0.466 e. The maximum Gasteiger partial charge on any atom is 0.232 e. The number of pyridine rings is 1. The minimum absolute atomic E-state index is 0.218. The number of rotatable bonds is 2. The van der Waals surface area contributed by atoms with Crippen LogP contribution in [0.1, 0.15) is 41.6 Å². The smallest absolute Gasteiger partial charge is 0.232 e. The van der Waals surface area contributed by atoms with Crippen molar-refractivity contribution < 1.29 is 13.1 Å². The van der Waals surface area contributed by atoms with Gasteiger partial charge in [0.25, 0.3) is 0 Å². The molecule has 2 heterocycles. The number of nitrogens with zero attached hydrogens (tertiary/aromatic N) is 2. The van der Waals surface area contributed by atoms with E-state index in [1.165, 1.54) is 0 Å². The van der Waals surface area contributed by atoms with Gasteiger partial charge >= 0.3 is 0 Å². The van der Waals surface area contributed by atoms with Gasteiger partial charge in [0.2, 0.25) is 11.4 Å². The molecule has 2 aromatic carbocycles. The summed E-state index contributed by atoms with van der Waals surface area (Å²) in [6.45, 7) is 17.1. The lowest BCUT2D eigenvalue weighted by atomic mass is 9.88. The molecule has 0 unspecified atom stereocenters. The predicted octanol–water partition coefficient (Wildman–Crippen LogP) is 6.83. The zero-order valence-electron chi connectivity index (χ0n) is 20.8.